The van der Waals surface area contributed by atoms with Gasteiger partial charge in [-0.05, 0) is 26.0 Å². The molecule has 2 amide bonds. The number of anilines is 2. The monoisotopic (exact) mass is 433 g/mol. The number of fused-ring (bicyclic) bond motifs is 1. The summed E-state index contributed by atoms with van der Waals surface area (Å²) in [5.41, 5.74) is 1.26. The van der Waals surface area contributed by atoms with Crippen LogP contribution in [0.5, 0.6) is 0 Å². The van der Waals surface area contributed by atoms with Crippen molar-refractivity contribution >= 4 is 35.0 Å². The molecule has 1 aliphatic heterocycles. The molecule has 2 heterocycles. The SMILES string of the molecule is C=CCn1c(SCC(=O)N2c3ccccc3NC(=O)C2(C)C)nnc1-c1ccccc1. The van der Waals surface area contributed by atoms with Crippen molar-refractivity contribution in [3.63, 3.8) is 0 Å². The third-order valence-electron chi connectivity index (χ3n) is 5.14. The zero-order chi connectivity index (χ0) is 22.0. The molecule has 2 aromatic carbocycles. The molecule has 4 rings (SSSR count). The van der Waals surface area contributed by atoms with Gasteiger partial charge in [-0.3, -0.25) is 19.1 Å². The number of amides is 2. The number of hydrogen-bond acceptors (Lipinski definition) is 5. The van der Waals surface area contributed by atoms with Gasteiger partial charge in [-0.2, -0.15) is 0 Å². The molecule has 0 saturated carbocycles. The van der Waals surface area contributed by atoms with Gasteiger partial charge in [0.25, 0.3) is 0 Å². The third-order valence-corrected chi connectivity index (χ3v) is 6.09. The molecular formula is C23H23N5O2S. The number of thioether (sulfide) groups is 1. The summed E-state index contributed by atoms with van der Waals surface area (Å²) in [6.45, 7) is 7.84. The topological polar surface area (TPSA) is 80.1 Å². The number of allylic oxidation sites excluding steroid dienone is 1. The van der Waals surface area contributed by atoms with Gasteiger partial charge in [-0.15, -0.1) is 16.8 Å². The summed E-state index contributed by atoms with van der Waals surface area (Å²) in [7, 11) is 0. The minimum Gasteiger partial charge on any atom is -0.322 e. The fraction of sp³-hybridized carbons (Fsp3) is 0.217. The average Bonchev–Trinajstić information content (AvgIpc) is 3.16. The Hall–Kier alpha value is -3.39. The summed E-state index contributed by atoms with van der Waals surface area (Å²) in [5, 5.41) is 12.1. The van der Waals surface area contributed by atoms with Crippen molar-refractivity contribution in [2.45, 2.75) is 31.1 Å². The minimum absolute atomic E-state index is 0.120. The highest BCUT2D eigenvalue weighted by molar-refractivity contribution is 7.99. The van der Waals surface area contributed by atoms with Crippen LogP contribution in [-0.4, -0.2) is 37.9 Å². The normalized spacial score (nSPS) is 14.6. The van der Waals surface area contributed by atoms with E-state index in [-0.39, 0.29) is 17.6 Å². The minimum atomic E-state index is -1.00. The largest absolute Gasteiger partial charge is 0.322 e. The van der Waals surface area contributed by atoms with Crippen LogP contribution in [0.15, 0.2) is 72.4 Å². The van der Waals surface area contributed by atoms with Crippen LogP contribution in [0.3, 0.4) is 0 Å². The first-order valence-corrected chi connectivity index (χ1v) is 10.9. The van der Waals surface area contributed by atoms with E-state index in [1.165, 1.54) is 11.8 Å². The Morgan fingerprint density at radius 2 is 1.84 bits per heavy atom. The molecule has 8 heteroatoms. The fourth-order valence-electron chi connectivity index (χ4n) is 3.58. The van der Waals surface area contributed by atoms with Crippen LogP contribution in [0.4, 0.5) is 11.4 Å². The molecule has 0 spiro atoms. The van der Waals surface area contributed by atoms with Gasteiger partial charge in [-0.1, -0.05) is 60.3 Å². The van der Waals surface area contributed by atoms with Crippen molar-refractivity contribution in [2.24, 2.45) is 0 Å². The lowest BCUT2D eigenvalue weighted by Gasteiger charge is -2.42. The number of nitrogens with one attached hydrogen (secondary N) is 1. The number of benzene rings is 2. The molecule has 1 aliphatic rings. The standard InChI is InChI=1S/C23H23N5O2S/c1-4-14-27-20(16-10-6-5-7-11-16)25-26-22(27)31-15-19(29)28-18-13-9-8-12-17(18)24-21(30)23(28,2)3/h4-13H,1,14-15H2,2-3H3,(H,24,30). The fourth-order valence-corrected chi connectivity index (χ4v) is 4.38. The van der Waals surface area contributed by atoms with E-state index in [1.54, 1.807) is 30.9 Å². The van der Waals surface area contributed by atoms with E-state index in [0.717, 1.165) is 11.4 Å². The highest BCUT2D eigenvalue weighted by Gasteiger charge is 2.43. The van der Waals surface area contributed by atoms with E-state index < -0.39 is 5.54 Å². The number of para-hydroxylation sites is 2. The van der Waals surface area contributed by atoms with Crippen molar-refractivity contribution in [1.82, 2.24) is 14.8 Å². The Morgan fingerprint density at radius 1 is 1.13 bits per heavy atom. The van der Waals surface area contributed by atoms with E-state index in [1.807, 2.05) is 53.1 Å². The van der Waals surface area contributed by atoms with E-state index >= 15 is 0 Å². The zero-order valence-electron chi connectivity index (χ0n) is 17.4. The second kappa shape index (κ2) is 8.39. The van der Waals surface area contributed by atoms with Crippen LogP contribution in [0.2, 0.25) is 0 Å². The summed E-state index contributed by atoms with van der Waals surface area (Å²) in [4.78, 5) is 27.5. The van der Waals surface area contributed by atoms with Gasteiger partial charge in [0, 0.05) is 12.1 Å². The molecule has 1 N–H and O–H groups in total. The summed E-state index contributed by atoms with van der Waals surface area (Å²) in [6.07, 6.45) is 1.77. The third kappa shape index (κ3) is 3.86. The molecule has 0 atom stereocenters. The number of hydrogen-bond donors (Lipinski definition) is 1. The van der Waals surface area contributed by atoms with E-state index in [9.17, 15) is 9.59 Å². The highest BCUT2D eigenvalue weighted by atomic mass is 32.2. The molecule has 0 fully saturated rings. The molecule has 0 aliphatic carbocycles. The van der Waals surface area contributed by atoms with Crippen LogP contribution in [0, 0.1) is 0 Å². The Kier molecular flexibility index (Phi) is 5.65. The summed E-state index contributed by atoms with van der Waals surface area (Å²) < 4.78 is 1.93. The molecule has 0 saturated heterocycles. The summed E-state index contributed by atoms with van der Waals surface area (Å²) in [6, 6.07) is 17.1. The van der Waals surface area contributed by atoms with Crippen molar-refractivity contribution in [3.8, 4) is 11.4 Å². The number of rotatable bonds is 6. The van der Waals surface area contributed by atoms with E-state index in [4.69, 9.17) is 0 Å². The molecule has 0 bridgehead atoms. The van der Waals surface area contributed by atoms with E-state index in [0.29, 0.717) is 23.1 Å². The quantitative estimate of drug-likeness (QED) is 0.470. The Labute approximate surface area is 185 Å². The maximum atomic E-state index is 13.3. The molecule has 3 aromatic rings. The number of carbonyl (C=O) groups excluding carboxylic acids is 2. The lowest BCUT2D eigenvalue weighted by Crippen LogP contribution is -2.59. The Morgan fingerprint density at radius 3 is 2.58 bits per heavy atom. The maximum Gasteiger partial charge on any atom is 0.250 e. The van der Waals surface area contributed by atoms with Gasteiger partial charge in [0.1, 0.15) is 5.54 Å². The zero-order valence-corrected chi connectivity index (χ0v) is 18.2. The van der Waals surface area contributed by atoms with Gasteiger partial charge in [0.2, 0.25) is 11.8 Å². The lowest BCUT2D eigenvalue weighted by atomic mass is 9.96. The molecule has 7 nitrogen and oxygen atoms in total. The first-order chi connectivity index (χ1) is 14.9. The predicted octanol–water partition coefficient (Wildman–Crippen LogP) is 3.99. The molecule has 158 valence electrons. The summed E-state index contributed by atoms with van der Waals surface area (Å²) in [5.74, 6) is 0.450. The predicted molar refractivity (Wildman–Crippen MR) is 123 cm³/mol. The Balaban J connectivity index is 1.60. The maximum absolute atomic E-state index is 13.3. The van der Waals surface area contributed by atoms with Crippen molar-refractivity contribution < 1.29 is 9.59 Å². The smallest absolute Gasteiger partial charge is 0.250 e. The molecule has 0 radical (unpaired) electrons. The van der Waals surface area contributed by atoms with Gasteiger partial charge in [0.15, 0.2) is 11.0 Å². The molecular weight excluding hydrogens is 410 g/mol. The van der Waals surface area contributed by atoms with Crippen LogP contribution in [-0.2, 0) is 16.1 Å². The van der Waals surface area contributed by atoms with Crippen LogP contribution < -0.4 is 10.2 Å². The number of aromatic nitrogens is 3. The first kappa shape index (κ1) is 20.9. The number of nitrogens with zero attached hydrogens (tertiary/aromatic N) is 4. The molecule has 0 unspecified atom stereocenters. The number of carbonyl (C=O) groups is 2. The average molecular weight is 434 g/mol. The van der Waals surface area contributed by atoms with Crippen molar-refractivity contribution in [2.75, 3.05) is 16.0 Å². The van der Waals surface area contributed by atoms with Crippen molar-refractivity contribution in [1.29, 1.82) is 0 Å². The van der Waals surface area contributed by atoms with Gasteiger partial charge in [-0.25, -0.2) is 0 Å². The summed E-state index contributed by atoms with van der Waals surface area (Å²) >= 11 is 1.30. The first-order valence-electron chi connectivity index (χ1n) is 9.89. The van der Waals surface area contributed by atoms with Gasteiger partial charge >= 0.3 is 0 Å². The van der Waals surface area contributed by atoms with Crippen LogP contribution in [0.1, 0.15) is 13.8 Å². The highest BCUT2D eigenvalue weighted by Crippen LogP contribution is 2.37. The van der Waals surface area contributed by atoms with Gasteiger partial charge < -0.3 is 5.32 Å². The van der Waals surface area contributed by atoms with Gasteiger partial charge in [0.05, 0.1) is 17.1 Å². The second-order valence-electron chi connectivity index (χ2n) is 7.62. The second-order valence-corrected chi connectivity index (χ2v) is 8.56. The molecule has 1 aromatic heterocycles. The van der Waals surface area contributed by atoms with Crippen molar-refractivity contribution in [3.05, 3.63) is 67.3 Å². The molecule has 31 heavy (non-hydrogen) atoms. The Bertz CT molecular complexity index is 1140. The lowest BCUT2D eigenvalue weighted by molar-refractivity contribution is -0.125. The van der Waals surface area contributed by atoms with E-state index in [2.05, 4.69) is 22.1 Å². The van der Waals surface area contributed by atoms with Crippen LogP contribution >= 0.6 is 11.8 Å². The van der Waals surface area contributed by atoms with Crippen LogP contribution in [0.25, 0.3) is 11.4 Å².